The summed E-state index contributed by atoms with van der Waals surface area (Å²) in [7, 11) is 1.63. The van der Waals surface area contributed by atoms with Crippen molar-refractivity contribution in [3.8, 4) is 0 Å². The van der Waals surface area contributed by atoms with Crippen LogP contribution in [0.15, 0.2) is 41.1 Å². The van der Waals surface area contributed by atoms with Crippen molar-refractivity contribution in [3.05, 3.63) is 73.4 Å². The summed E-state index contributed by atoms with van der Waals surface area (Å²) in [6, 6.07) is 10.6. The molecule has 6 heteroatoms. The Morgan fingerprint density at radius 1 is 1.22 bits per heavy atom. The molecular weight excluding hydrogens is 376 g/mol. The number of hydrogen-bond donors (Lipinski definition) is 1. The van der Waals surface area contributed by atoms with Crippen LogP contribution in [0.5, 0.6) is 0 Å². The van der Waals surface area contributed by atoms with E-state index in [2.05, 4.69) is 34.6 Å². The highest BCUT2D eigenvalue weighted by Crippen LogP contribution is 2.30. The van der Waals surface area contributed by atoms with E-state index in [9.17, 15) is 4.79 Å². The van der Waals surface area contributed by atoms with E-state index >= 15 is 0 Å². The molecule has 2 heterocycles. The summed E-state index contributed by atoms with van der Waals surface area (Å²) < 4.78 is 5.10. The lowest BCUT2D eigenvalue weighted by molar-refractivity contribution is 0.0938. The first-order valence-electron chi connectivity index (χ1n) is 9.14. The van der Waals surface area contributed by atoms with Gasteiger partial charge in [0, 0.05) is 17.4 Å². The largest absolute Gasteiger partial charge is 0.378 e. The highest BCUT2D eigenvalue weighted by atomic mass is 32.1. The summed E-state index contributed by atoms with van der Waals surface area (Å²) in [5.74, 6) is -0.148. The normalized spacial score (nSPS) is 14.6. The Morgan fingerprint density at radius 3 is 2.85 bits per heavy atom. The highest BCUT2D eigenvalue weighted by Gasteiger charge is 2.22. The van der Waals surface area contributed by atoms with E-state index in [-0.39, 0.29) is 11.9 Å². The number of aryl methyl sites for hydroxylation is 2. The summed E-state index contributed by atoms with van der Waals surface area (Å²) in [6.45, 7) is 0.428. The van der Waals surface area contributed by atoms with Gasteiger partial charge < -0.3 is 10.1 Å². The molecule has 0 aliphatic heterocycles. The van der Waals surface area contributed by atoms with Crippen LogP contribution in [0.25, 0.3) is 0 Å². The zero-order valence-electron chi connectivity index (χ0n) is 15.2. The molecule has 1 aliphatic carbocycles. The van der Waals surface area contributed by atoms with E-state index in [4.69, 9.17) is 4.74 Å². The molecule has 0 radical (unpaired) electrons. The van der Waals surface area contributed by atoms with Gasteiger partial charge in [-0.1, -0.05) is 24.3 Å². The van der Waals surface area contributed by atoms with Gasteiger partial charge in [-0.3, -0.25) is 4.79 Å². The van der Waals surface area contributed by atoms with Crippen molar-refractivity contribution in [2.45, 2.75) is 38.3 Å². The summed E-state index contributed by atoms with van der Waals surface area (Å²) >= 11 is 3.11. The molecule has 4 rings (SSSR count). The third kappa shape index (κ3) is 4.13. The molecule has 2 aromatic heterocycles. The summed E-state index contributed by atoms with van der Waals surface area (Å²) in [5, 5.41) is 7.84. The van der Waals surface area contributed by atoms with E-state index < -0.39 is 0 Å². The SMILES string of the molecule is COCc1nc(C(=O)NC(c2ccc3c(c2)CCCC3)c2cccs2)cs1. The maximum absolute atomic E-state index is 12.8. The van der Waals surface area contributed by atoms with Gasteiger partial charge in [-0.25, -0.2) is 4.98 Å². The van der Waals surface area contributed by atoms with Gasteiger partial charge in [0.05, 0.1) is 12.6 Å². The van der Waals surface area contributed by atoms with E-state index in [1.54, 1.807) is 23.8 Å². The molecule has 1 aromatic carbocycles. The predicted molar refractivity (Wildman–Crippen MR) is 110 cm³/mol. The number of nitrogens with one attached hydrogen (secondary N) is 1. The van der Waals surface area contributed by atoms with Crippen molar-refractivity contribution in [2.75, 3.05) is 7.11 Å². The third-order valence-electron chi connectivity index (χ3n) is 4.86. The molecule has 0 bridgehead atoms. The van der Waals surface area contributed by atoms with Crippen LogP contribution in [0.3, 0.4) is 0 Å². The van der Waals surface area contributed by atoms with E-state index in [1.807, 2.05) is 11.4 Å². The second kappa shape index (κ2) is 8.33. The minimum atomic E-state index is -0.155. The Balaban J connectivity index is 1.61. The van der Waals surface area contributed by atoms with Gasteiger partial charge in [-0.2, -0.15) is 0 Å². The van der Waals surface area contributed by atoms with Crippen LogP contribution in [0, 0.1) is 0 Å². The molecule has 3 aromatic rings. The fourth-order valence-electron chi connectivity index (χ4n) is 3.52. The Labute approximate surface area is 167 Å². The molecule has 0 saturated heterocycles. The van der Waals surface area contributed by atoms with Crippen molar-refractivity contribution >= 4 is 28.6 Å². The molecule has 1 N–H and O–H groups in total. The summed E-state index contributed by atoms with van der Waals surface area (Å²) in [5.41, 5.74) is 4.46. The number of carbonyl (C=O) groups excluding carboxylic acids is 1. The average Bonchev–Trinajstić information content (AvgIpc) is 3.38. The molecule has 1 aliphatic rings. The zero-order chi connectivity index (χ0) is 18.6. The lowest BCUT2D eigenvalue weighted by atomic mass is 9.89. The van der Waals surface area contributed by atoms with Crippen molar-refractivity contribution < 1.29 is 9.53 Å². The first kappa shape index (κ1) is 18.3. The number of thiazole rings is 1. The van der Waals surface area contributed by atoms with Gasteiger partial charge in [-0.15, -0.1) is 22.7 Å². The fourth-order valence-corrected chi connectivity index (χ4v) is 5.06. The molecule has 1 amide bonds. The highest BCUT2D eigenvalue weighted by molar-refractivity contribution is 7.10. The number of hydrogen-bond acceptors (Lipinski definition) is 5. The van der Waals surface area contributed by atoms with Crippen LogP contribution in [0.1, 0.15) is 55.9 Å². The Morgan fingerprint density at radius 2 is 2.07 bits per heavy atom. The smallest absolute Gasteiger partial charge is 0.271 e. The van der Waals surface area contributed by atoms with Gasteiger partial charge in [0.2, 0.25) is 0 Å². The molecular formula is C21H22N2O2S2. The van der Waals surface area contributed by atoms with Crippen molar-refractivity contribution in [1.29, 1.82) is 0 Å². The average molecular weight is 399 g/mol. The molecule has 0 fully saturated rings. The number of thiophene rings is 1. The van der Waals surface area contributed by atoms with Crippen molar-refractivity contribution in [2.24, 2.45) is 0 Å². The van der Waals surface area contributed by atoms with Crippen LogP contribution in [0.2, 0.25) is 0 Å². The van der Waals surface area contributed by atoms with E-state index in [1.165, 1.54) is 35.3 Å². The number of carbonyl (C=O) groups is 1. The minimum absolute atomic E-state index is 0.148. The lowest BCUT2D eigenvalue weighted by Gasteiger charge is -2.21. The Kier molecular flexibility index (Phi) is 5.66. The van der Waals surface area contributed by atoms with Crippen LogP contribution in [0.4, 0.5) is 0 Å². The summed E-state index contributed by atoms with van der Waals surface area (Å²) in [4.78, 5) is 18.3. The van der Waals surface area contributed by atoms with Crippen LogP contribution < -0.4 is 5.32 Å². The zero-order valence-corrected chi connectivity index (χ0v) is 16.9. The maximum Gasteiger partial charge on any atom is 0.271 e. The van der Waals surface area contributed by atoms with Crippen molar-refractivity contribution in [3.63, 3.8) is 0 Å². The fraction of sp³-hybridized carbons (Fsp3) is 0.333. The van der Waals surface area contributed by atoms with Gasteiger partial charge >= 0.3 is 0 Å². The molecule has 4 nitrogen and oxygen atoms in total. The first-order chi connectivity index (χ1) is 13.2. The van der Waals surface area contributed by atoms with Crippen LogP contribution >= 0.6 is 22.7 Å². The molecule has 1 unspecified atom stereocenters. The molecule has 27 heavy (non-hydrogen) atoms. The van der Waals surface area contributed by atoms with Gasteiger partial charge in [0.1, 0.15) is 10.7 Å². The Hall–Kier alpha value is -2.02. The molecule has 140 valence electrons. The second-order valence-corrected chi connectivity index (χ2v) is 8.64. The monoisotopic (exact) mass is 398 g/mol. The van der Waals surface area contributed by atoms with Gasteiger partial charge in [0.25, 0.3) is 5.91 Å². The second-order valence-electron chi connectivity index (χ2n) is 6.72. The maximum atomic E-state index is 12.8. The summed E-state index contributed by atoms with van der Waals surface area (Å²) in [6.07, 6.45) is 4.80. The van der Waals surface area contributed by atoms with Gasteiger partial charge in [-0.05, 0) is 53.8 Å². The Bertz CT molecular complexity index is 918. The standard InChI is InChI=1S/C21H22N2O2S2/c1-25-12-19-22-17(13-27-19)21(24)23-20(18-7-4-10-26-18)16-9-8-14-5-2-3-6-15(14)11-16/h4,7-11,13,20H,2-3,5-6,12H2,1H3,(H,23,24). The first-order valence-corrected chi connectivity index (χ1v) is 10.9. The topological polar surface area (TPSA) is 51.2 Å². The molecule has 0 saturated carbocycles. The molecule has 0 spiro atoms. The van der Waals surface area contributed by atoms with Crippen LogP contribution in [-0.2, 0) is 24.2 Å². The quantitative estimate of drug-likeness (QED) is 0.652. The molecule has 1 atom stereocenters. The minimum Gasteiger partial charge on any atom is -0.378 e. The number of fused-ring (bicyclic) bond motifs is 1. The van der Waals surface area contributed by atoms with Gasteiger partial charge in [0.15, 0.2) is 0 Å². The van der Waals surface area contributed by atoms with E-state index in [0.29, 0.717) is 12.3 Å². The number of amides is 1. The number of nitrogens with zero attached hydrogens (tertiary/aromatic N) is 1. The third-order valence-corrected chi connectivity index (χ3v) is 6.62. The number of aromatic nitrogens is 1. The van der Waals surface area contributed by atoms with E-state index in [0.717, 1.165) is 28.3 Å². The van der Waals surface area contributed by atoms with Crippen molar-refractivity contribution in [1.82, 2.24) is 10.3 Å². The van der Waals surface area contributed by atoms with Crippen LogP contribution in [-0.4, -0.2) is 18.0 Å². The predicted octanol–water partition coefficient (Wildman–Crippen LogP) is 4.75. The lowest BCUT2D eigenvalue weighted by Crippen LogP contribution is -2.29. The number of rotatable bonds is 6. The number of ether oxygens (including phenoxy) is 1. The number of benzene rings is 1. The number of methoxy groups -OCH3 is 1.